The second-order valence-electron chi connectivity index (χ2n) is 5.54. The Morgan fingerprint density at radius 3 is 2.33 bits per heavy atom. The molecule has 0 aliphatic heterocycles. The molecule has 6 heteroatoms. The SMILES string of the molecule is CC(CO)N(C)C(=O)Nc1ccc(C2(C(=O)O)CC2)cc1. The van der Waals surface area contributed by atoms with E-state index >= 15 is 0 Å². The third kappa shape index (κ3) is 3.00. The van der Waals surface area contributed by atoms with Gasteiger partial charge in [0.25, 0.3) is 0 Å². The summed E-state index contributed by atoms with van der Waals surface area (Å²) in [6, 6.07) is 6.30. The first kappa shape index (κ1) is 15.3. The Balaban J connectivity index is 2.03. The molecular formula is C15H20N2O4. The summed E-state index contributed by atoms with van der Waals surface area (Å²) in [5.41, 5.74) is 0.636. The van der Waals surface area contributed by atoms with Crippen molar-refractivity contribution >= 4 is 17.7 Å². The number of nitrogens with zero attached hydrogens (tertiary/aromatic N) is 1. The quantitative estimate of drug-likeness (QED) is 0.769. The van der Waals surface area contributed by atoms with Gasteiger partial charge in [0.15, 0.2) is 0 Å². The molecule has 0 bridgehead atoms. The summed E-state index contributed by atoms with van der Waals surface area (Å²) in [7, 11) is 1.61. The largest absolute Gasteiger partial charge is 0.481 e. The summed E-state index contributed by atoms with van der Waals surface area (Å²) >= 11 is 0. The van der Waals surface area contributed by atoms with E-state index in [9.17, 15) is 14.7 Å². The van der Waals surface area contributed by atoms with E-state index in [0.717, 1.165) is 5.56 Å². The summed E-state index contributed by atoms with van der Waals surface area (Å²) in [5, 5.41) is 21.0. The van der Waals surface area contributed by atoms with Crippen LogP contribution in [0.25, 0.3) is 0 Å². The van der Waals surface area contributed by atoms with Crippen LogP contribution in [0.2, 0.25) is 0 Å². The second-order valence-corrected chi connectivity index (χ2v) is 5.54. The van der Waals surface area contributed by atoms with Crippen LogP contribution in [0.4, 0.5) is 10.5 Å². The van der Waals surface area contributed by atoms with Gasteiger partial charge in [-0.25, -0.2) is 4.79 Å². The highest BCUT2D eigenvalue weighted by Crippen LogP contribution is 2.48. The minimum absolute atomic E-state index is 0.107. The Labute approximate surface area is 123 Å². The van der Waals surface area contributed by atoms with Gasteiger partial charge < -0.3 is 20.4 Å². The zero-order valence-electron chi connectivity index (χ0n) is 12.2. The first-order chi connectivity index (χ1) is 9.90. The first-order valence-corrected chi connectivity index (χ1v) is 6.89. The number of amides is 2. The summed E-state index contributed by atoms with van der Waals surface area (Å²) < 4.78 is 0. The van der Waals surface area contributed by atoms with Gasteiger partial charge in [0, 0.05) is 12.7 Å². The molecule has 0 radical (unpaired) electrons. The lowest BCUT2D eigenvalue weighted by Crippen LogP contribution is -2.40. The van der Waals surface area contributed by atoms with Crippen LogP contribution in [0.3, 0.4) is 0 Å². The maximum absolute atomic E-state index is 11.9. The number of carboxylic acids is 1. The summed E-state index contributed by atoms with van der Waals surface area (Å²) in [5.74, 6) is -0.796. The molecule has 1 fully saturated rings. The first-order valence-electron chi connectivity index (χ1n) is 6.89. The molecule has 0 spiro atoms. The minimum Gasteiger partial charge on any atom is -0.481 e. The van der Waals surface area contributed by atoms with E-state index in [0.29, 0.717) is 18.5 Å². The number of hydrogen-bond donors (Lipinski definition) is 3. The highest BCUT2D eigenvalue weighted by atomic mass is 16.4. The van der Waals surface area contributed by atoms with Crippen LogP contribution in [0.5, 0.6) is 0 Å². The molecule has 1 aromatic carbocycles. The molecular weight excluding hydrogens is 272 g/mol. The summed E-state index contributed by atoms with van der Waals surface area (Å²) in [6.45, 7) is 1.64. The van der Waals surface area contributed by atoms with Gasteiger partial charge in [-0.15, -0.1) is 0 Å². The average Bonchev–Trinajstić information content (AvgIpc) is 3.28. The average molecular weight is 292 g/mol. The van der Waals surface area contributed by atoms with Crippen LogP contribution in [0.15, 0.2) is 24.3 Å². The fourth-order valence-electron chi connectivity index (χ4n) is 2.16. The number of carbonyl (C=O) groups is 2. The molecule has 114 valence electrons. The monoisotopic (exact) mass is 292 g/mol. The lowest BCUT2D eigenvalue weighted by molar-refractivity contribution is -0.140. The topological polar surface area (TPSA) is 89.9 Å². The Morgan fingerprint density at radius 2 is 1.90 bits per heavy atom. The molecule has 1 atom stereocenters. The van der Waals surface area contributed by atoms with Crippen LogP contribution in [0.1, 0.15) is 25.3 Å². The molecule has 2 amide bonds. The molecule has 1 unspecified atom stereocenters. The predicted molar refractivity (Wildman–Crippen MR) is 78.3 cm³/mol. The van der Waals surface area contributed by atoms with Crippen LogP contribution in [-0.4, -0.2) is 46.8 Å². The Bertz CT molecular complexity index is 537. The van der Waals surface area contributed by atoms with Crippen molar-refractivity contribution in [2.24, 2.45) is 0 Å². The second kappa shape index (κ2) is 5.73. The number of anilines is 1. The number of benzene rings is 1. The highest BCUT2D eigenvalue weighted by Gasteiger charge is 2.51. The molecule has 21 heavy (non-hydrogen) atoms. The lowest BCUT2D eigenvalue weighted by atomic mass is 9.96. The van der Waals surface area contributed by atoms with Gasteiger partial charge in [-0.2, -0.15) is 0 Å². The number of rotatable bonds is 5. The van der Waals surface area contributed by atoms with Crippen molar-refractivity contribution in [3.8, 4) is 0 Å². The van der Waals surface area contributed by atoms with Crippen molar-refractivity contribution in [2.75, 3.05) is 19.0 Å². The van der Waals surface area contributed by atoms with Gasteiger partial charge in [-0.1, -0.05) is 12.1 Å². The van der Waals surface area contributed by atoms with Crippen molar-refractivity contribution in [3.05, 3.63) is 29.8 Å². The van der Waals surface area contributed by atoms with Crippen molar-refractivity contribution in [2.45, 2.75) is 31.2 Å². The van der Waals surface area contributed by atoms with Crippen LogP contribution >= 0.6 is 0 Å². The van der Waals surface area contributed by atoms with Gasteiger partial charge >= 0.3 is 12.0 Å². The molecule has 0 heterocycles. The van der Waals surface area contributed by atoms with Crippen LogP contribution in [0, 0.1) is 0 Å². The van der Waals surface area contributed by atoms with Crippen LogP contribution in [-0.2, 0) is 10.2 Å². The minimum atomic E-state index is -0.796. The smallest absolute Gasteiger partial charge is 0.321 e. The number of nitrogens with one attached hydrogen (secondary N) is 1. The maximum atomic E-state index is 11.9. The number of likely N-dealkylation sites (N-methyl/N-ethyl adjacent to an activating group) is 1. The standard InChI is InChI=1S/C15H20N2O4/c1-10(9-18)17(2)14(21)16-12-5-3-11(4-6-12)15(7-8-15)13(19)20/h3-6,10,18H,7-9H2,1-2H3,(H,16,21)(H,19,20). The molecule has 0 saturated heterocycles. The zero-order chi connectivity index (χ0) is 15.6. The number of carboxylic acid groups (broad SMARTS) is 1. The van der Waals surface area contributed by atoms with Crippen molar-refractivity contribution < 1.29 is 19.8 Å². The summed E-state index contributed by atoms with van der Waals surface area (Å²) in [6.07, 6.45) is 1.32. The number of carbonyl (C=O) groups excluding carboxylic acids is 1. The van der Waals surface area contributed by atoms with Gasteiger partial charge in [0.2, 0.25) is 0 Å². The predicted octanol–water partition coefficient (Wildman–Crippen LogP) is 1.65. The van der Waals surface area contributed by atoms with E-state index in [2.05, 4.69) is 5.32 Å². The molecule has 6 nitrogen and oxygen atoms in total. The highest BCUT2D eigenvalue weighted by molar-refractivity contribution is 5.90. The Kier molecular flexibility index (Phi) is 4.18. The van der Waals surface area contributed by atoms with Gasteiger partial charge in [-0.3, -0.25) is 4.79 Å². The number of aliphatic carboxylic acids is 1. The molecule has 3 N–H and O–H groups in total. The van der Waals surface area contributed by atoms with E-state index in [1.165, 1.54) is 4.90 Å². The fourth-order valence-corrected chi connectivity index (χ4v) is 2.16. The van der Waals surface area contributed by atoms with Crippen molar-refractivity contribution in [1.82, 2.24) is 4.90 Å². The maximum Gasteiger partial charge on any atom is 0.321 e. The van der Waals surface area contributed by atoms with Crippen LogP contribution < -0.4 is 5.32 Å². The molecule has 0 aromatic heterocycles. The van der Waals surface area contributed by atoms with Gasteiger partial charge in [-0.05, 0) is 37.5 Å². The molecule has 1 aromatic rings. The number of hydrogen-bond acceptors (Lipinski definition) is 3. The number of urea groups is 1. The fraction of sp³-hybridized carbons (Fsp3) is 0.467. The third-order valence-electron chi connectivity index (χ3n) is 4.09. The normalized spacial score (nSPS) is 16.9. The van der Waals surface area contributed by atoms with E-state index < -0.39 is 11.4 Å². The zero-order valence-corrected chi connectivity index (χ0v) is 12.2. The molecule has 2 rings (SSSR count). The van der Waals surface area contributed by atoms with Gasteiger partial charge in [0.1, 0.15) is 0 Å². The van der Waals surface area contributed by atoms with E-state index in [1.807, 2.05) is 0 Å². The molecule has 1 aliphatic rings. The van der Waals surface area contributed by atoms with Crippen molar-refractivity contribution in [1.29, 1.82) is 0 Å². The summed E-state index contributed by atoms with van der Waals surface area (Å²) in [4.78, 5) is 24.6. The number of aliphatic hydroxyl groups is 1. The van der Waals surface area contributed by atoms with Crippen molar-refractivity contribution in [3.63, 3.8) is 0 Å². The van der Waals surface area contributed by atoms with E-state index in [4.69, 9.17) is 5.11 Å². The Hall–Kier alpha value is -2.08. The van der Waals surface area contributed by atoms with E-state index in [1.54, 1.807) is 38.2 Å². The lowest BCUT2D eigenvalue weighted by Gasteiger charge is -2.23. The third-order valence-corrected chi connectivity index (χ3v) is 4.09. The van der Waals surface area contributed by atoms with Gasteiger partial charge in [0.05, 0.1) is 18.1 Å². The Morgan fingerprint density at radius 1 is 1.33 bits per heavy atom. The van der Waals surface area contributed by atoms with E-state index in [-0.39, 0.29) is 18.7 Å². The number of aliphatic hydroxyl groups excluding tert-OH is 1. The molecule has 1 saturated carbocycles. The molecule has 1 aliphatic carbocycles.